The van der Waals surface area contributed by atoms with Crippen molar-refractivity contribution >= 4 is 11.7 Å². The number of imidazole rings is 1. The molecule has 0 saturated heterocycles. The van der Waals surface area contributed by atoms with Crippen LogP contribution in [-0.2, 0) is 11.3 Å². The zero-order chi connectivity index (χ0) is 11.4. The van der Waals surface area contributed by atoms with Crippen molar-refractivity contribution in [3.63, 3.8) is 0 Å². The van der Waals surface area contributed by atoms with Gasteiger partial charge in [-0.05, 0) is 18.8 Å². The Bertz CT molecular complexity index is 385. The quantitative estimate of drug-likeness (QED) is 0.351. The lowest BCUT2D eigenvalue weighted by Gasteiger charge is -2.03. The van der Waals surface area contributed by atoms with E-state index in [2.05, 4.69) is 4.98 Å². The van der Waals surface area contributed by atoms with Gasteiger partial charge in [0, 0.05) is 0 Å². The minimum Gasteiger partial charge on any atom is -0.474 e. The molecule has 1 aromatic heterocycles. The van der Waals surface area contributed by atoms with Crippen LogP contribution in [0.25, 0.3) is 0 Å². The average Bonchev–Trinajstić information content (AvgIpc) is 2.61. The molecule has 1 rings (SSSR count). The van der Waals surface area contributed by atoms with Gasteiger partial charge in [-0.1, -0.05) is 0 Å². The maximum absolute atomic E-state index is 10.6. The molecule has 0 aromatic carbocycles. The van der Waals surface area contributed by atoms with Gasteiger partial charge < -0.3 is 14.9 Å². The van der Waals surface area contributed by atoms with Crippen LogP contribution in [0.4, 0.5) is 5.82 Å². The highest BCUT2D eigenvalue weighted by Crippen LogP contribution is 2.14. The summed E-state index contributed by atoms with van der Waals surface area (Å²) in [6.45, 7) is 4.20. The predicted molar refractivity (Wildman–Crippen MR) is 53.0 cm³/mol. The molecular formula is C8H12N4O3. The van der Waals surface area contributed by atoms with Crippen LogP contribution in [0.5, 0.6) is 0 Å². The van der Waals surface area contributed by atoms with Crippen molar-refractivity contribution < 1.29 is 9.66 Å². The lowest BCUT2D eigenvalue weighted by molar-refractivity contribution is -0.392. The summed E-state index contributed by atoms with van der Waals surface area (Å²) < 4.78 is 6.27. The Morgan fingerprint density at radius 3 is 2.87 bits per heavy atom. The highest BCUT2D eigenvalue weighted by molar-refractivity contribution is 5.88. The highest BCUT2D eigenvalue weighted by Gasteiger charge is 2.22. The number of ether oxygens (including phenoxy) is 1. The van der Waals surface area contributed by atoms with Crippen LogP contribution in [0, 0.1) is 15.5 Å². The fourth-order valence-electron chi connectivity index (χ4n) is 1.21. The summed E-state index contributed by atoms with van der Waals surface area (Å²) in [5.41, 5.74) is 0. The lowest BCUT2D eigenvalue weighted by atomic mass is 10.5. The van der Waals surface area contributed by atoms with E-state index in [0.29, 0.717) is 13.2 Å². The third-order valence-corrected chi connectivity index (χ3v) is 1.83. The Labute approximate surface area is 86.3 Å². The molecule has 0 atom stereocenters. The molecule has 0 saturated carbocycles. The first-order valence-corrected chi connectivity index (χ1v) is 4.53. The second kappa shape index (κ2) is 4.54. The fraction of sp³-hybridized carbons (Fsp3) is 0.500. The normalized spacial score (nSPS) is 10.0. The second-order valence-corrected chi connectivity index (χ2v) is 2.70. The van der Waals surface area contributed by atoms with Crippen LogP contribution in [0.1, 0.15) is 19.7 Å². The largest absolute Gasteiger partial charge is 0.474 e. The number of rotatable bonds is 4. The van der Waals surface area contributed by atoms with Gasteiger partial charge in [0.05, 0.1) is 13.2 Å². The van der Waals surface area contributed by atoms with Crippen molar-refractivity contribution in [3.8, 4) is 0 Å². The number of hydrogen-bond acceptors (Lipinski definition) is 5. The van der Waals surface area contributed by atoms with E-state index in [9.17, 15) is 10.1 Å². The maximum Gasteiger partial charge on any atom is 0.343 e. The van der Waals surface area contributed by atoms with Crippen LogP contribution in [-0.4, -0.2) is 27.0 Å². The zero-order valence-corrected chi connectivity index (χ0v) is 8.56. The first-order valence-electron chi connectivity index (χ1n) is 4.53. The van der Waals surface area contributed by atoms with E-state index in [1.807, 2.05) is 0 Å². The molecule has 0 unspecified atom stereocenters. The van der Waals surface area contributed by atoms with Gasteiger partial charge in [0.1, 0.15) is 6.20 Å². The lowest BCUT2D eigenvalue weighted by Crippen LogP contribution is -2.14. The molecule has 0 aliphatic heterocycles. The van der Waals surface area contributed by atoms with Crippen molar-refractivity contribution in [2.45, 2.75) is 20.4 Å². The summed E-state index contributed by atoms with van der Waals surface area (Å²) in [7, 11) is 0. The minimum atomic E-state index is -0.529. The molecule has 1 N–H and O–H groups in total. The topological polar surface area (TPSA) is 94.0 Å². The molecule has 7 heteroatoms. The summed E-state index contributed by atoms with van der Waals surface area (Å²) in [5, 5.41) is 18.1. The molecule has 1 aromatic rings. The molecule has 0 aliphatic rings. The van der Waals surface area contributed by atoms with E-state index in [-0.39, 0.29) is 17.5 Å². The SMILES string of the molecule is CCOC(=N)c1ncc([N+](=O)[O-])n1CC. The standard InChI is InChI=1S/C8H12N4O3/c1-3-11-6(12(13)14)5-10-8(11)7(9)15-4-2/h5,9H,3-4H2,1-2H3. The van der Waals surface area contributed by atoms with Gasteiger partial charge in [-0.25, -0.2) is 9.55 Å². The van der Waals surface area contributed by atoms with E-state index in [0.717, 1.165) is 6.20 Å². The smallest absolute Gasteiger partial charge is 0.343 e. The summed E-state index contributed by atoms with van der Waals surface area (Å²) in [5.74, 6) is -0.0875. The van der Waals surface area contributed by atoms with Gasteiger partial charge in [-0.15, -0.1) is 0 Å². The number of nitrogens with zero attached hydrogens (tertiary/aromatic N) is 3. The first kappa shape index (κ1) is 11.2. The molecule has 82 valence electrons. The molecule has 15 heavy (non-hydrogen) atoms. The molecule has 0 amide bonds. The Hall–Kier alpha value is -1.92. The van der Waals surface area contributed by atoms with Crippen LogP contribution in [0.3, 0.4) is 0 Å². The van der Waals surface area contributed by atoms with Crippen LogP contribution >= 0.6 is 0 Å². The zero-order valence-electron chi connectivity index (χ0n) is 8.56. The van der Waals surface area contributed by atoms with Crippen molar-refractivity contribution in [3.05, 3.63) is 22.1 Å². The van der Waals surface area contributed by atoms with Crippen LogP contribution in [0.15, 0.2) is 6.20 Å². The summed E-state index contributed by atoms with van der Waals surface area (Å²) in [6.07, 6.45) is 1.13. The highest BCUT2D eigenvalue weighted by atomic mass is 16.6. The number of aromatic nitrogens is 2. The Morgan fingerprint density at radius 2 is 2.40 bits per heavy atom. The van der Waals surface area contributed by atoms with Crippen molar-refractivity contribution in [1.82, 2.24) is 9.55 Å². The first-order chi connectivity index (χ1) is 7.11. The van der Waals surface area contributed by atoms with E-state index < -0.39 is 4.92 Å². The third kappa shape index (κ3) is 2.12. The summed E-state index contributed by atoms with van der Waals surface area (Å²) in [6, 6.07) is 0. The number of nitro groups is 1. The number of nitrogens with one attached hydrogen (secondary N) is 1. The maximum atomic E-state index is 10.6. The Balaban J connectivity index is 3.09. The van der Waals surface area contributed by atoms with Gasteiger partial charge in [-0.2, -0.15) is 0 Å². The van der Waals surface area contributed by atoms with Crippen LogP contribution < -0.4 is 0 Å². The van der Waals surface area contributed by atoms with E-state index in [1.54, 1.807) is 13.8 Å². The molecule has 7 nitrogen and oxygen atoms in total. The molecular weight excluding hydrogens is 200 g/mol. The van der Waals surface area contributed by atoms with Crippen LogP contribution in [0.2, 0.25) is 0 Å². The van der Waals surface area contributed by atoms with E-state index in [1.165, 1.54) is 4.57 Å². The van der Waals surface area contributed by atoms with Gasteiger partial charge in [0.15, 0.2) is 0 Å². The van der Waals surface area contributed by atoms with Gasteiger partial charge >= 0.3 is 5.82 Å². The molecule has 0 radical (unpaired) electrons. The van der Waals surface area contributed by atoms with Gasteiger partial charge in [-0.3, -0.25) is 5.41 Å². The van der Waals surface area contributed by atoms with E-state index >= 15 is 0 Å². The predicted octanol–water partition coefficient (Wildman–Crippen LogP) is 1.17. The minimum absolute atomic E-state index is 0.128. The Morgan fingerprint density at radius 1 is 1.73 bits per heavy atom. The third-order valence-electron chi connectivity index (χ3n) is 1.83. The van der Waals surface area contributed by atoms with Gasteiger partial charge in [0.25, 0.3) is 11.7 Å². The molecule has 0 aliphatic carbocycles. The van der Waals surface area contributed by atoms with Crippen molar-refractivity contribution in [2.24, 2.45) is 0 Å². The molecule has 0 fully saturated rings. The summed E-state index contributed by atoms with van der Waals surface area (Å²) >= 11 is 0. The summed E-state index contributed by atoms with van der Waals surface area (Å²) in [4.78, 5) is 13.9. The molecule has 0 bridgehead atoms. The van der Waals surface area contributed by atoms with Crippen molar-refractivity contribution in [2.75, 3.05) is 6.61 Å². The monoisotopic (exact) mass is 212 g/mol. The fourth-order valence-corrected chi connectivity index (χ4v) is 1.21. The van der Waals surface area contributed by atoms with E-state index in [4.69, 9.17) is 10.1 Å². The van der Waals surface area contributed by atoms with Crippen molar-refractivity contribution in [1.29, 1.82) is 5.41 Å². The Kier molecular flexibility index (Phi) is 3.37. The molecule has 0 spiro atoms. The molecule has 1 heterocycles. The van der Waals surface area contributed by atoms with Gasteiger partial charge in [0.2, 0.25) is 0 Å². The number of hydrogen-bond donors (Lipinski definition) is 1. The average molecular weight is 212 g/mol. The second-order valence-electron chi connectivity index (χ2n) is 2.70.